The summed E-state index contributed by atoms with van der Waals surface area (Å²) >= 11 is 5.69. The van der Waals surface area contributed by atoms with Crippen LogP contribution in [0.15, 0.2) is 42.1 Å². The number of rotatable bonds is 3. The van der Waals surface area contributed by atoms with Crippen molar-refractivity contribution in [1.82, 2.24) is 10.2 Å². The van der Waals surface area contributed by atoms with Crippen molar-refractivity contribution in [3.05, 3.63) is 42.1 Å². The standard InChI is InChI=1S/C11H10ClN3/c1-8(12)6-13-11-7-14-15-10-5-3-2-4-9(10)11/h2-5,7H,1,6H2,(H,13,15). The second-order valence-electron chi connectivity index (χ2n) is 3.15. The van der Waals surface area contributed by atoms with Gasteiger partial charge in [0.25, 0.3) is 0 Å². The van der Waals surface area contributed by atoms with Gasteiger partial charge in [0.05, 0.1) is 23.9 Å². The highest BCUT2D eigenvalue weighted by atomic mass is 35.5. The summed E-state index contributed by atoms with van der Waals surface area (Å²) in [5.74, 6) is 0. The molecule has 0 aliphatic heterocycles. The lowest BCUT2D eigenvalue weighted by molar-refractivity contribution is 1.07. The molecule has 0 radical (unpaired) electrons. The van der Waals surface area contributed by atoms with Crippen LogP contribution in [0.25, 0.3) is 10.9 Å². The molecule has 0 atom stereocenters. The third kappa shape index (κ3) is 2.25. The number of nitrogens with zero attached hydrogens (tertiary/aromatic N) is 2. The Morgan fingerprint density at radius 1 is 1.40 bits per heavy atom. The summed E-state index contributed by atoms with van der Waals surface area (Å²) in [7, 11) is 0. The summed E-state index contributed by atoms with van der Waals surface area (Å²) < 4.78 is 0. The first-order valence-electron chi connectivity index (χ1n) is 4.55. The number of benzene rings is 1. The lowest BCUT2D eigenvalue weighted by Gasteiger charge is -2.06. The van der Waals surface area contributed by atoms with Gasteiger partial charge in [-0.1, -0.05) is 36.4 Å². The van der Waals surface area contributed by atoms with Gasteiger partial charge in [-0.25, -0.2) is 0 Å². The second-order valence-corrected chi connectivity index (χ2v) is 3.68. The molecule has 0 saturated heterocycles. The highest BCUT2D eigenvalue weighted by Gasteiger charge is 2.01. The Balaban J connectivity index is 2.38. The summed E-state index contributed by atoms with van der Waals surface area (Å²) in [4.78, 5) is 0. The van der Waals surface area contributed by atoms with Crippen LogP contribution >= 0.6 is 11.6 Å². The fourth-order valence-electron chi connectivity index (χ4n) is 1.34. The molecule has 0 aliphatic carbocycles. The smallest absolute Gasteiger partial charge is 0.0950 e. The van der Waals surface area contributed by atoms with Crippen LogP contribution in [0.2, 0.25) is 0 Å². The highest BCUT2D eigenvalue weighted by molar-refractivity contribution is 6.29. The summed E-state index contributed by atoms with van der Waals surface area (Å²) in [5, 5.41) is 12.7. The van der Waals surface area contributed by atoms with Gasteiger partial charge in [0.15, 0.2) is 0 Å². The van der Waals surface area contributed by atoms with Gasteiger partial charge in [0.1, 0.15) is 0 Å². The van der Waals surface area contributed by atoms with Crippen LogP contribution < -0.4 is 5.32 Å². The third-order valence-corrected chi connectivity index (χ3v) is 2.15. The fraction of sp³-hybridized carbons (Fsp3) is 0.0909. The molecular formula is C11H10ClN3. The number of nitrogens with one attached hydrogen (secondary N) is 1. The summed E-state index contributed by atoms with van der Waals surface area (Å²) in [6.45, 7) is 4.14. The van der Waals surface area contributed by atoms with E-state index in [0.29, 0.717) is 11.6 Å². The topological polar surface area (TPSA) is 37.8 Å². The highest BCUT2D eigenvalue weighted by Crippen LogP contribution is 2.19. The zero-order chi connectivity index (χ0) is 10.7. The van der Waals surface area contributed by atoms with Crippen molar-refractivity contribution in [2.75, 3.05) is 11.9 Å². The average molecular weight is 220 g/mol. The van der Waals surface area contributed by atoms with E-state index in [1.165, 1.54) is 0 Å². The molecule has 0 fully saturated rings. The Labute approximate surface area is 92.8 Å². The Morgan fingerprint density at radius 3 is 3.00 bits per heavy atom. The largest absolute Gasteiger partial charge is 0.378 e. The quantitative estimate of drug-likeness (QED) is 0.863. The molecule has 0 saturated carbocycles. The third-order valence-electron chi connectivity index (χ3n) is 2.02. The first-order chi connectivity index (χ1) is 7.27. The number of anilines is 1. The van der Waals surface area contributed by atoms with Crippen LogP contribution in [-0.2, 0) is 0 Å². The van der Waals surface area contributed by atoms with Crippen LogP contribution in [0, 0.1) is 0 Å². The van der Waals surface area contributed by atoms with Crippen molar-refractivity contribution in [3.63, 3.8) is 0 Å². The van der Waals surface area contributed by atoms with Crippen LogP contribution in [-0.4, -0.2) is 16.7 Å². The molecule has 1 heterocycles. The second kappa shape index (κ2) is 4.28. The van der Waals surface area contributed by atoms with Crippen molar-refractivity contribution in [3.8, 4) is 0 Å². The van der Waals surface area contributed by atoms with Gasteiger partial charge < -0.3 is 5.32 Å². The summed E-state index contributed by atoms with van der Waals surface area (Å²) in [5.41, 5.74) is 1.78. The molecule has 0 spiro atoms. The molecule has 0 amide bonds. The van der Waals surface area contributed by atoms with E-state index in [4.69, 9.17) is 11.6 Å². The molecule has 0 aliphatic rings. The molecule has 3 nitrogen and oxygen atoms in total. The van der Waals surface area contributed by atoms with Gasteiger partial charge in [-0.2, -0.15) is 10.2 Å². The first kappa shape index (κ1) is 9.93. The van der Waals surface area contributed by atoms with Crippen molar-refractivity contribution < 1.29 is 0 Å². The van der Waals surface area contributed by atoms with E-state index in [1.54, 1.807) is 6.20 Å². The van der Waals surface area contributed by atoms with Crippen LogP contribution in [0.5, 0.6) is 0 Å². The number of halogens is 1. The molecule has 15 heavy (non-hydrogen) atoms. The minimum Gasteiger partial charge on any atom is -0.378 e. The maximum absolute atomic E-state index is 5.69. The van der Waals surface area contributed by atoms with E-state index >= 15 is 0 Å². The predicted octanol–water partition coefficient (Wildman–Crippen LogP) is 2.79. The van der Waals surface area contributed by atoms with E-state index in [2.05, 4.69) is 22.1 Å². The zero-order valence-corrected chi connectivity index (χ0v) is 8.83. The number of fused-ring (bicyclic) bond motifs is 1. The van der Waals surface area contributed by atoms with E-state index in [-0.39, 0.29) is 0 Å². The van der Waals surface area contributed by atoms with Crippen LogP contribution in [0.4, 0.5) is 5.69 Å². The van der Waals surface area contributed by atoms with Gasteiger partial charge in [-0.15, -0.1) is 0 Å². The Kier molecular flexibility index (Phi) is 2.83. The van der Waals surface area contributed by atoms with Crippen molar-refractivity contribution >= 4 is 28.2 Å². The van der Waals surface area contributed by atoms with Gasteiger partial charge in [0, 0.05) is 10.4 Å². The first-order valence-corrected chi connectivity index (χ1v) is 4.93. The molecular weight excluding hydrogens is 210 g/mol. The summed E-state index contributed by atoms with van der Waals surface area (Å²) in [6, 6.07) is 7.80. The minimum atomic E-state index is 0.525. The van der Waals surface area contributed by atoms with Crippen molar-refractivity contribution in [2.45, 2.75) is 0 Å². The molecule has 4 heteroatoms. The van der Waals surface area contributed by atoms with Crippen molar-refractivity contribution in [1.29, 1.82) is 0 Å². The maximum Gasteiger partial charge on any atom is 0.0950 e. The minimum absolute atomic E-state index is 0.525. The van der Waals surface area contributed by atoms with Gasteiger partial charge in [-0.05, 0) is 6.07 Å². The number of hydrogen-bond acceptors (Lipinski definition) is 3. The number of aromatic nitrogens is 2. The molecule has 76 valence electrons. The Morgan fingerprint density at radius 2 is 2.20 bits per heavy atom. The Hall–Kier alpha value is -1.61. The molecule has 1 N–H and O–H groups in total. The van der Waals surface area contributed by atoms with Crippen molar-refractivity contribution in [2.24, 2.45) is 0 Å². The number of hydrogen-bond donors (Lipinski definition) is 1. The SMILES string of the molecule is C=C(Cl)CNc1cnnc2ccccc12. The van der Waals surface area contributed by atoms with E-state index in [1.807, 2.05) is 24.3 Å². The van der Waals surface area contributed by atoms with Gasteiger partial charge >= 0.3 is 0 Å². The molecule has 0 bridgehead atoms. The summed E-state index contributed by atoms with van der Waals surface area (Å²) in [6.07, 6.45) is 1.68. The normalized spacial score (nSPS) is 10.2. The van der Waals surface area contributed by atoms with Crippen LogP contribution in [0.3, 0.4) is 0 Å². The maximum atomic E-state index is 5.69. The lowest BCUT2D eigenvalue weighted by Crippen LogP contribution is -2.02. The Bertz CT molecular complexity index is 491. The van der Waals surface area contributed by atoms with E-state index < -0.39 is 0 Å². The van der Waals surface area contributed by atoms with Crippen LogP contribution in [0.1, 0.15) is 0 Å². The zero-order valence-electron chi connectivity index (χ0n) is 8.07. The van der Waals surface area contributed by atoms with Gasteiger partial charge in [-0.3, -0.25) is 0 Å². The van der Waals surface area contributed by atoms with Gasteiger partial charge in [0.2, 0.25) is 0 Å². The average Bonchev–Trinajstić information content (AvgIpc) is 2.26. The molecule has 1 aromatic heterocycles. The molecule has 2 rings (SSSR count). The molecule has 0 unspecified atom stereocenters. The fourth-order valence-corrected chi connectivity index (χ4v) is 1.41. The van der Waals surface area contributed by atoms with E-state index in [0.717, 1.165) is 16.6 Å². The van der Waals surface area contributed by atoms with E-state index in [9.17, 15) is 0 Å². The monoisotopic (exact) mass is 219 g/mol. The molecule has 1 aromatic carbocycles. The molecule has 2 aromatic rings. The predicted molar refractivity (Wildman–Crippen MR) is 63.0 cm³/mol. The lowest BCUT2D eigenvalue weighted by atomic mass is 10.2.